The molecule has 1 heterocycles. The van der Waals surface area contributed by atoms with E-state index in [2.05, 4.69) is 11.9 Å². The Morgan fingerprint density at radius 1 is 1.50 bits per heavy atom. The second-order valence-corrected chi connectivity index (χ2v) is 4.70. The predicted octanol–water partition coefficient (Wildman–Crippen LogP) is 0.333. The van der Waals surface area contributed by atoms with E-state index in [1.54, 1.807) is 17.9 Å². The summed E-state index contributed by atoms with van der Waals surface area (Å²) in [5.41, 5.74) is 0. The molecule has 1 amide bonds. The molecular weight excluding hydrogens is 260 g/mol. The number of carbonyl (C=O) groups excluding carboxylic acids is 2. The molecule has 20 heavy (non-hydrogen) atoms. The first-order valence-corrected chi connectivity index (χ1v) is 7.02. The highest BCUT2D eigenvalue weighted by Gasteiger charge is 2.18. The highest BCUT2D eigenvalue weighted by molar-refractivity contribution is 5.79. The van der Waals surface area contributed by atoms with E-state index in [0.717, 1.165) is 19.4 Å². The summed E-state index contributed by atoms with van der Waals surface area (Å²) in [7, 11) is 0. The molecule has 0 saturated carbocycles. The quantitative estimate of drug-likeness (QED) is 0.488. The van der Waals surface area contributed by atoms with Crippen LogP contribution in [0.2, 0.25) is 0 Å². The maximum absolute atomic E-state index is 11.8. The normalized spacial score (nSPS) is 18.0. The maximum atomic E-state index is 11.8. The molecule has 114 valence electrons. The van der Waals surface area contributed by atoms with Gasteiger partial charge in [-0.3, -0.25) is 14.5 Å². The standard InChI is InChI=1S/C14H24N2O4/c1-3-7-16(11-14(18)19-4-2)10-13(17)15-9-12-6-5-8-20-12/h3,12H,1,4-11H2,2H3,(H,15,17). The van der Waals surface area contributed by atoms with E-state index in [0.29, 0.717) is 19.7 Å². The van der Waals surface area contributed by atoms with Gasteiger partial charge >= 0.3 is 5.97 Å². The molecule has 6 heteroatoms. The van der Waals surface area contributed by atoms with Gasteiger partial charge in [-0.1, -0.05) is 6.08 Å². The predicted molar refractivity (Wildman–Crippen MR) is 75.3 cm³/mol. The molecule has 1 saturated heterocycles. The third-order valence-corrected chi connectivity index (χ3v) is 2.96. The first kappa shape index (κ1) is 16.7. The Labute approximate surface area is 120 Å². The zero-order valence-electron chi connectivity index (χ0n) is 12.1. The van der Waals surface area contributed by atoms with Gasteiger partial charge in [-0.2, -0.15) is 0 Å². The minimum atomic E-state index is -0.332. The largest absolute Gasteiger partial charge is 0.465 e. The second-order valence-electron chi connectivity index (χ2n) is 4.70. The average molecular weight is 284 g/mol. The lowest BCUT2D eigenvalue weighted by Crippen LogP contribution is -2.42. The summed E-state index contributed by atoms with van der Waals surface area (Å²) in [6.07, 6.45) is 3.81. The van der Waals surface area contributed by atoms with E-state index < -0.39 is 0 Å². The lowest BCUT2D eigenvalue weighted by molar-refractivity contribution is -0.144. The Kier molecular flexibility index (Phi) is 7.91. The number of carbonyl (C=O) groups is 2. The topological polar surface area (TPSA) is 67.9 Å². The molecule has 1 fully saturated rings. The van der Waals surface area contributed by atoms with Crippen LogP contribution in [0.15, 0.2) is 12.7 Å². The highest BCUT2D eigenvalue weighted by Crippen LogP contribution is 2.10. The van der Waals surface area contributed by atoms with Gasteiger partial charge in [0, 0.05) is 19.7 Å². The number of hydrogen-bond donors (Lipinski definition) is 1. The van der Waals surface area contributed by atoms with E-state index in [1.807, 2.05) is 0 Å². The van der Waals surface area contributed by atoms with Gasteiger partial charge in [-0.15, -0.1) is 6.58 Å². The number of amides is 1. The van der Waals surface area contributed by atoms with Crippen molar-refractivity contribution in [1.29, 1.82) is 0 Å². The first-order valence-electron chi connectivity index (χ1n) is 7.02. The zero-order valence-corrected chi connectivity index (χ0v) is 12.1. The highest BCUT2D eigenvalue weighted by atomic mass is 16.5. The summed E-state index contributed by atoms with van der Waals surface area (Å²) in [6, 6.07) is 0. The molecule has 0 aliphatic carbocycles. The Hall–Kier alpha value is -1.40. The molecule has 0 radical (unpaired) electrons. The van der Waals surface area contributed by atoms with Gasteiger partial charge in [-0.25, -0.2) is 0 Å². The Morgan fingerprint density at radius 2 is 2.30 bits per heavy atom. The Balaban J connectivity index is 2.29. The molecule has 1 aliphatic rings. The monoisotopic (exact) mass is 284 g/mol. The lowest BCUT2D eigenvalue weighted by Gasteiger charge is -2.19. The van der Waals surface area contributed by atoms with Crippen molar-refractivity contribution in [2.45, 2.75) is 25.9 Å². The van der Waals surface area contributed by atoms with Crippen molar-refractivity contribution < 1.29 is 19.1 Å². The summed E-state index contributed by atoms with van der Waals surface area (Å²) < 4.78 is 10.3. The van der Waals surface area contributed by atoms with Gasteiger partial charge in [0.2, 0.25) is 5.91 Å². The molecule has 0 aromatic carbocycles. The molecule has 6 nitrogen and oxygen atoms in total. The minimum Gasteiger partial charge on any atom is -0.465 e. The zero-order chi connectivity index (χ0) is 14.8. The van der Waals surface area contributed by atoms with Crippen LogP contribution in [0.5, 0.6) is 0 Å². The molecule has 1 unspecified atom stereocenters. The van der Waals surface area contributed by atoms with E-state index >= 15 is 0 Å². The van der Waals surface area contributed by atoms with Gasteiger partial charge < -0.3 is 14.8 Å². The van der Waals surface area contributed by atoms with Crippen molar-refractivity contribution in [2.75, 3.05) is 39.4 Å². The minimum absolute atomic E-state index is 0.0905. The summed E-state index contributed by atoms with van der Waals surface area (Å²) >= 11 is 0. The van der Waals surface area contributed by atoms with Gasteiger partial charge in [0.25, 0.3) is 0 Å². The number of ether oxygens (including phenoxy) is 2. The maximum Gasteiger partial charge on any atom is 0.320 e. The van der Waals surface area contributed by atoms with Crippen LogP contribution in [0.3, 0.4) is 0 Å². The van der Waals surface area contributed by atoms with E-state index in [-0.39, 0.29) is 31.1 Å². The fourth-order valence-corrected chi connectivity index (χ4v) is 2.05. The first-order chi connectivity index (χ1) is 9.65. The van der Waals surface area contributed by atoms with Crippen LogP contribution in [0.1, 0.15) is 19.8 Å². The average Bonchev–Trinajstić information content (AvgIpc) is 2.90. The molecule has 0 bridgehead atoms. The van der Waals surface area contributed by atoms with Crippen molar-refractivity contribution in [2.24, 2.45) is 0 Å². The fourth-order valence-electron chi connectivity index (χ4n) is 2.05. The summed E-state index contributed by atoms with van der Waals surface area (Å²) in [5, 5.41) is 2.83. The molecule has 1 rings (SSSR count). The fraction of sp³-hybridized carbons (Fsp3) is 0.714. The van der Waals surface area contributed by atoms with Gasteiger partial charge in [0.1, 0.15) is 0 Å². The van der Waals surface area contributed by atoms with Crippen LogP contribution >= 0.6 is 0 Å². The summed E-state index contributed by atoms with van der Waals surface area (Å²) in [5.74, 6) is -0.451. The van der Waals surface area contributed by atoms with Crippen molar-refractivity contribution in [3.05, 3.63) is 12.7 Å². The number of rotatable bonds is 9. The van der Waals surface area contributed by atoms with Crippen LogP contribution in [0.25, 0.3) is 0 Å². The third-order valence-electron chi connectivity index (χ3n) is 2.96. The number of nitrogens with zero attached hydrogens (tertiary/aromatic N) is 1. The Morgan fingerprint density at radius 3 is 2.90 bits per heavy atom. The molecule has 0 aromatic rings. The SMILES string of the molecule is C=CCN(CC(=O)NCC1CCCO1)CC(=O)OCC. The van der Waals surface area contributed by atoms with Gasteiger partial charge in [-0.05, 0) is 19.8 Å². The van der Waals surface area contributed by atoms with Crippen molar-refractivity contribution in [3.63, 3.8) is 0 Å². The third kappa shape index (κ3) is 6.68. The van der Waals surface area contributed by atoms with Crippen LogP contribution in [0, 0.1) is 0 Å². The van der Waals surface area contributed by atoms with Crippen LogP contribution in [0.4, 0.5) is 0 Å². The number of nitrogens with one attached hydrogen (secondary N) is 1. The summed E-state index contributed by atoms with van der Waals surface area (Å²) in [4.78, 5) is 24.9. The lowest BCUT2D eigenvalue weighted by atomic mass is 10.2. The molecule has 1 atom stereocenters. The van der Waals surface area contributed by atoms with Crippen molar-refractivity contribution in [3.8, 4) is 0 Å². The van der Waals surface area contributed by atoms with Crippen molar-refractivity contribution >= 4 is 11.9 Å². The number of esters is 1. The van der Waals surface area contributed by atoms with Crippen LogP contribution < -0.4 is 5.32 Å². The van der Waals surface area contributed by atoms with Crippen molar-refractivity contribution in [1.82, 2.24) is 10.2 Å². The second kappa shape index (κ2) is 9.50. The molecule has 1 N–H and O–H groups in total. The molecule has 0 spiro atoms. The van der Waals surface area contributed by atoms with Crippen LogP contribution in [-0.4, -0.2) is 62.3 Å². The van der Waals surface area contributed by atoms with E-state index in [9.17, 15) is 9.59 Å². The molecule has 0 aromatic heterocycles. The smallest absolute Gasteiger partial charge is 0.320 e. The van der Waals surface area contributed by atoms with Gasteiger partial charge in [0.05, 0.1) is 25.8 Å². The molecular formula is C14H24N2O4. The van der Waals surface area contributed by atoms with Gasteiger partial charge in [0.15, 0.2) is 0 Å². The number of hydrogen-bond acceptors (Lipinski definition) is 5. The van der Waals surface area contributed by atoms with E-state index in [1.165, 1.54) is 0 Å². The van der Waals surface area contributed by atoms with E-state index in [4.69, 9.17) is 9.47 Å². The molecule has 1 aliphatic heterocycles. The summed E-state index contributed by atoms with van der Waals surface area (Å²) in [6.45, 7) is 7.72. The van der Waals surface area contributed by atoms with Crippen LogP contribution in [-0.2, 0) is 19.1 Å². The Bertz CT molecular complexity index is 327.